The number of terminal acetylenes is 1. The van der Waals surface area contributed by atoms with Crippen LogP contribution in [-0.4, -0.2) is 28.9 Å². The molecule has 0 saturated heterocycles. The SMILES string of the molecule is C#CCN(CC)C(=O)c1cccc(C)n1. The van der Waals surface area contributed by atoms with Crippen molar-refractivity contribution < 1.29 is 4.79 Å². The number of hydrogen-bond acceptors (Lipinski definition) is 2. The van der Waals surface area contributed by atoms with E-state index in [4.69, 9.17) is 6.42 Å². The lowest BCUT2D eigenvalue weighted by Crippen LogP contribution is -2.31. The Morgan fingerprint density at radius 1 is 1.60 bits per heavy atom. The predicted octanol–water partition coefficient (Wildman–Crippen LogP) is 1.49. The van der Waals surface area contributed by atoms with Crippen LogP contribution in [-0.2, 0) is 0 Å². The fourth-order valence-electron chi connectivity index (χ4n) is 1.26. The summed E-state index contributed by atoms with van der Waals surface area (Å²) in [6.07, 6.45) is 5.19. The minimum atomic E-state index is -0.112. The summed E-state index contributed by atoms with van der Waals surface area (Å²) < 4.78 is 0. The summed E-state index contributed by atoms with van der Waals surface area (Å²) in [6, 6.07) is 5.38. The molecule has 0 bridgehead atoms. The first kappa shape index (κ1) is 11.3. The van der Waals surface area contributed by atoms with Crippen LogP contribution in [0.4, 0.5) is 0 Å². The maximum Gasteiger partial charge on any atom is 0.273 e. The van der Waals surface area contributed by atoms with Crippen LogP contribution >= 0.6 is 0 Å². The van der Waals surface area contributed by atoms with Crippen LogP contribution in [0.5, 0.6) is 0 Å². The molecule has 0 spiro atoms. The van der Waals surface area contributed by atoms with Crippen molar-refractivity contribution in [1.82, 2.24) is 9.88 Å². The summed E-state index contributed by atoms with van der Waals surface area (Å²) in [5.74, 6) is 2.35. The molecule has 0 saturated carbocycles. The van der Waals surface area contributed by atoms with Gasteiger partial charge in [0.2, 0.25) is 0 Å². The molecule has 0 aliphatic carbocycles. The van der Waals surface area contributed by atoms with Crippen molar-refractivity contribution in [2.75, 3.05) is 13.1 Å². The molecular weight excluding hydrogens is 188 g/mol. The van der Waals surface area contributed by atoms with E-state index < -0.39 is 0 Å². The summed E-state index contributed by atoms with van der Waals surface area (Å²) in [7, 11) is 0. The van der Waals surface area contributed by atoms with Crippen molar-refractivity contribution in [1.29, 1.82) is 0 Å². The quantitative estimate of drug-likeness (QED) is 0.696. The number of nitrogens with zero attached hydrogens (tertiary/aromatic N) is 2. The smallest absolute Gasteiger partial charge is 0.273 e. The van der Waals surface area contributed by atoms with Crippen molar-refractivity contribution in [3.05, 3.63) is 29.6 Å². The molecule has 0 radical (unpaired) electrons. The van der Waals surface area contributed by atoms with E-state index in [-0.39, 0.29) is 5.91 Å². The van der Waals surface area contributed by atoms with Gasteiger partial charge in [0.05, 0.1) is 6.54 Å². The van der Waals surface area contributed by atoms with Crippen LogP contribution in [0, 0.1) is 19.3 Å². The zero-order valence-corrected chi connectivity index (χ0v) is 9.03. The summed E-state index contributed by atoms with van der Waals surface area (Å²) in [5.41, 5.74) is 1.28. The highest BCUT2D eigenvalue weighted by Gasteiger charge is 2.13. The Bertz CT molecular complexity index is 393. The predicted molar refractivity (Wildman–Crippen MR) is 59.4 cm³/mol. The number of carbonyl (C=O) groups is 1. The van der Waals surface area contributed by atoms with E-state index >= 15 is 0 Å². The number of pyridine rings is 1. The van der Waals surface area contributed by atoms with Gasteiger partial charge < -0.3 is 4.90 Å². The fraction of sp³-hybridized carbons (Fsp3) is 0.333. The largest absolute Gasteiger partial charge is 0.326 e. The summed E-state index contributed by atoms with van der Waals surface area (Å²) in [4.78, 5) is 17.6. The van der Waals surface area contributed by atoms with Crippen LogP contribution in [0.25, 0.3) is 0 Å². The van der Waals surface area contributed by atoms with Gasteiger partial charge in [-0.15, -0.1) is 6.42 Å². The molecule has 1 rings (SSSR count). The zero-order valence-electron chi connectivity index (χ0n) is 9.03. The summed E-state index contributed by atoms with van der Waals surface area (Å²) >= 11 is 0. The first-order valence-corrected chi connectivity index (χ1v) is 4.85. The molecule has 0 unspecified atom stereocenters. The Balaban J connectivity index is 2.88. The molecule has 0 atom stereocenters. The van der Waals surface area contributed by atoms with Crippen molar-refractivity contribution in [2.45, 2.75) is 13.8 Å². The Labute approximate surface area is 90.1 Å². The molecule has 0 aromatic carbocycles. The van der Waals surface area contributed by atoms with Crippen molar-refractivity contribution in [3.63, 3.8) is 0 Å². The van der Waals surface area contributed by atoms with E-state index in [9.17, 15) is 4.79 Å². The number of rotatable bonds is 3. The Kier molecular flexibility index (Phi) is 3.87. The Morgan fingerprint density at radius 2 is 2.33 bits per heavy atom. The fourth-order valence-corrected chi connectivity index (χ4v) is 1.26. The molecule has 0 fully saturated rings. The molecule has 0 N–H and O–H groups in total. The van der Waals surface area contributed by atoms with Gasteiger partial charge in [-0.2, -0.15) is 0 Å². The minimum Gasteiger partial charge on any atom is -0.326 e. The second-order valence-corrected chi connectivity index (χ2v) is 3.19. The van der Waals surface area contributed by atoms with Crippen LogP contribution in [0.1, 0.15) is 23.1 Å². The third kappa shape index (κ3) is 2.81. The van der Waals surface area contributed by atoms with Gasteiger partial charge in [0, 0.05) is 12.2 Å². The number of aromatic nitrogens is 1. The van der Waals surface area contributed by atoms with Gasteiger partial charge >= 0.3 is 0 Å². The van der Waals surface area contributed by atoms with Gasteiger partial charge in [-0.1, -0.05) is 12.0 Å². The third-order valence-corrected chi connectivity index (χ3v) is 2.06. The van der Waals surface area contributed by atoms with E-state index in [0.29, 0.717) is 18.8 Å². The van der Waals surface area contributed by atoms with Crippen LogP contribution in [0.2, 0.25) is 0 Å². The Morgan fingerprint density at radius 3 is 2.87 bits per heavy atom. The van der Waals surface area contributed by atoms with Crippen molar-refractivity contribution in [3.8, 4) is 12.3 Å². The van der Waals surface area contributed by atoms with Gasteiger partial charge in [-0.25, -0.2) is 4.98 Å². The molecule has 78 valence electrons. The molecule has 3 nitrogen and oxygen atoms in total. The van der Waals surface area contributed by atoms with E-state index in [2.05, 4.69) is 10.9 Å². The van der Waals surface area contributed by atoms with Crippen molar-refractivity contribution in [2.24, 2.45) is 0 Å². The molecular formula is C12H14N2O. The van der Waals surface area contributed by atoms with Crippen LogP contribution in [0.15, 0.2) is 18.2 Å². The maximum atomic E-state index is 11.9. The molecule has 1 heterocycles. The molecule has 3 heteroatoms. The standard InChI is InChI=1S/C12H14N2O/c1-4-9-14(5-2)12(15)11-8-6-7-10(3)13-11/h1,6-8H,5,9H2,2-3H3. The molecule has 15 heavy (non-hydrogen) atoms. The molecule has 0 aliphatic heterocycles. The van der Waals surface area contributed by atoms with E-state index in [1.807, 2.05) is 26.0 Å². The highest BCUT2D eigenvalue weighted by atomic mass is 16.2. The minimum absolute atomic E-state index is 0.112. The van der Waals surface area contributed by atoms with E-state index in [1.54, 1.807) is 11.0 Å². The normalized spacial score (nSPS) is 9.40. The average Bonchev–Trinajstić information content (AvgIpc) is 2.25. The summed E-state index contributed by atoms with van der Waals surface area (Å²) in [6.45, 7) is 4.67. The van der Waals surface area contributed by atoms with E-state index in [0.717, 1.165) is 5.69 Å². The lowest BCUT2D eigenvalue weighted by molar-refractivity contribution is 0.0779. The van der Waals surface area contributed by atoms with Gasteiger partial charge in [0.15, 0.2) is 0 Å². The number of hydrogen-bond donors (Lipinski definition) is 0. The number of amides is 1. The van der Waals surface area contributed by atoms with Crippen LogP contribution < -0.4 is 0 Å². The van der Waals surface area contributed by atoms with Gasteiger partial charge in [0.1, 0.15) is 5.69 Å². The van der Waals surface area contributed by atoms with Crippen molar-refractivity contribution >= 4 is 5.91 Å². The van der Waals surface area contributed by atoms with Gasteiger partial charge in [-0.3, -0.25) is 4.79 Å². The third-order valence-electron chi connectivity index (χ3n) is 2.06. The lowest BCUT2D eigenvalue weighted by Gasteiger charge is -2.17. The van der Waals surface area contributed by atoms with E-state index in [1.165, 1.54) is 0 Å². The average molecular weight is 202 g/mol. The zero-order chi connectivity index (χ0) is 11.3. The molecule has 1 amide bonds. The first-order valence-electron chi connectivity index (χ1n) is 4.85. The molecule has 1 aromatic rings. The second kappa shape index (κ2) is 5.16. The molecule has 1 aromatic heterocycles. The number of aryl methyl sites for hydroxylation is 1. The highest BCUT2D eigenvalue weighted by molar-refractivity contribution is 5.92. The van der Waals surface area contributed by atoms with Gasteiger partial charge in [0.25, 0.3) is 5.91 Å². The van der Waals surface area contributed by atoms with Gasteiger partial charge in [-0.05, 0) is 26.0 Å². The lowest BCUT2D eigenvalue weighted by atomic mass is 10.3. The Hall–Kier alpha value is -1.82. The summed E-state index contributed by atoms with van der Waals surface area (Å²) in [5, 5.41) is 0. The molecule has 0 aliphatic rings. The first-order chi connectivity index (χ1) is 7.19. The topological polar surface area (TPSA) is 33.2 Å². The second-order valence-electron chi connectivity index (χ2n) is 3.19. The monoisotopic (exact) mass is 202 g/mol. The highest BCUT2D eigenvalue weighted by Crippen LogP contribution is 2.03. The van der Waals surface area contributed by atoms with Crippen LogP contribution in [0.3, 0.4) is 0 Å². The maximum absolute atomic E-state index is 11.9. The number of carbonyl (C=O) groups excluding carboxylic acids is 1.